The molecule has 0 unspecified atom stereocenters. The molecule has 0 saturated heterocycles. The summed E-state index contributed by atoms with van der Waals surface area (Å²) < 4.78 is 2.27. The number of carboxylic acids is 1. The summed E-state index contributed by atoms with van der Waals surface area (Å²) >= 11 is 0. The number of aromatic nitrogens is 1. The Kier molecular flexibility index (Phi) is 3.13. The first-order chi connectivity index (χ1) is 9.56. The van der Waals surface area contributed by atoms with Gasteiger partial charge in [0.1, 0.15) is 0 Å². The Balaban J connectivity index is 2.04. The Morgan fingerprint density at radius 3 is 2.65 bits per heavy atom. The maximum Gasteiger partial charge on any atom is 0.335 e. The average molecular weight is 269 g/mol. The highest BCUT2D eigenvalue weighted by Gasteiger charge is 2.21. The van der Waals surface area contributed by atoms with Gasteiger partial charge in [0.2, 0.25) is 0 Å². The average Bonchev–Trinajstić information content (AvgIpc) is 2.73. The molecule has 0 saturated carbocycles. The molecular formula is C17H19NO2. The second-order valence-corrected chi connectivity index (χ2v) is 5.79. The molecule has 1 N–H and O–H groups in total. The first kappa shape index (κ1) is 13.0. The van der Waals surface area contributed by atoms with Gasteiger partial charge < -0.3 is 9.67 Å². The van der Waals surface area contributed by atoms with Gasteiger partial charge in [0.15, 0.2) is 0 Å². The Labute approximate surface area is 118 Å². The number of fused-ring (bicyclic) bond motifs is 1. The topological polar surface area (TPSA) is 42.2 Å². The van der Waals surface area contributed by atoms with Gasteiger partial charge in [0, 0.05) is 17.1 Å². The van der Waals surface area contributed by atoms with Crippen LogP contribution in [0.2, 0.25) is 0 Å². The van der Waals surface area contributed by atoms with Crippen LogP contribution in [0.15, 0.2) is 30.3 Å². The number of nitrogens with zero attached hydrogens (tertiary/aromatic N) is 1. The van der Waals surface area contributed by atoms with Crippen molar-refractivity contribution in [2.75, 3.05) is 0 Å². The number of rotatable bonds is 2. The van der Waals surface area contributed by atoms with Crippen molar-refractivity contribution in [2.24, 2.45) is 5.92 Å². The van der Waals surface area contributed by atoms with E-state index < -0.39 is 5.97 Å². The van der Waals surface area contributed by atoms with E-state index in [9.17, 15) is 4.79 Å². The number of benzene rings is 1. The summed E-state index contributed by atoms with van der Waals surface area (Å²) in [7, 11) is 0. The zero-order chi connectivity index (χ0) is 14.3. The molecule has 104 valence electrons. The molecule has 0 aliphatic heterocycles. The maximum absolute atomic E-state index is 10.9. The van der Waals surface area contributed by atoms with E-state index >= 15 is 0 Å². The molecule has 1 heterocycles. The minimum absolute atomic E-state index is 0.334. The summed E-state index contributed by atoms with van der Waals surface area (Å²) in [6, 6.07) is 9.42. The predicted molar refractivity (Wildman–Crippen MR) is 78.7 cm³/mol. The van der Waals surface area contributed by atoms with E-state index in [1.54, 1.807) is 12.1 Å². The minimum atomic E-state index is -0.878. The molecule has 1 aromatic heterocycles. The van der Waals surface area contributed by atoms with Gasteiger partial charge in [-0.2, -0.15) is 0 Å². The van der Waals surface area contributed by atoms with Crippen LogP contribution < -0.4 is 0 Å². The SMILES string of the molecule is Cc1cc2c(n1-c1ccc(C(=O)O)cc1)CC[C@@H](C)C2. The van der Waals surface area contributed by atoms with Crippen LogP contribution in [0.3, 0.4) is 0 Å². The highest BCUT2D eigenvalue weighted by Crippen LogP contribution is 2.30. The number of aryl methyl sites for hydroxylation is 1. The largest absolute Gasteiger partial charge is 0.478 e. The van der Waals surface area contributed by atoms with Gasteiger partial charge in [-0.05, 0) is 68.0 Å². The Morgan fingerprint density at radius 1 is 1.30 bits per heavy atom. The van der Waals surface area contributed by atoms with Crippen LogP contribution in [0.4, 0.5) is 0 Å². The van der Waals surface area contributed by atoms with Crippen LogP contribution in [0.25, 0.3) is 5.69 Å². The van der Waals surface area contributed by atoms with Gasteiger partial charge in [-0.1, -0.05) is 6.92 Å². The highest BCUT2D eigenvalue weighted by atomic mass is 16.4. The molecule has 1 atom stereocenters. The summed E-state index contributed by atoms with van der Waals surface area (Å²) in [6.45, 7) is 4.42. The fourth-order valence-corrected chi connectivity index (χ4v) is 3.18. The van der Waals surface area contributed by atoms with E-state index in [1.807, 2.05) is 12.1 Å². The smallest absolute Gasteiger partial charge is 0.335 e. The summed E-state index contributed by atoms with van der Waals surface area (Å²) in [5.41, 5.74) is 5.46. The molecule has 1 aromatic carbocycles. The highest BCUT2D eigenvalue weighted by molar-refractivity contribution is 5.87. The van der Waals surface area contributed by atoms with Crippen molar-refractivity contribution >= 4 is 5.97 Å². The van der Waals surface area contributed by atoms with Gasteiger partial charge in [-0.15, -0.1) is 0 Å². The van der Waals surface area contributed by atoms with Crippen molar-refractivity contribution in [3.05, 3.63) is 52.8 Å². The second-order valence-electron chi connectivity index (χ2n) is 5.79. The molecule has 0 radical (unpaired) electrons. The number of carbonyl (C=O) groups is 1. The zero-order valence-electron chi connectivity index (χ0n) is 11.9. The lowest BCUT2D eigenvalue weighted by molar-refractivity contribution is 0.0697. The summed E-state index contributed by atoms with van der Waals surface area (Å²) in [5.74, 6) is -0.122. The molecule has 2 aromatic rings. The number of carboxylic acid groups (broad SMARTS) is 1. The number of hydrogen-bond acceptors (Lipinski definition) is 1. The first-order valence-corrected chi connectivity index (χ1v) is 7.10. The first-order valence-electron chi connectivity index (χ1n) is 7.10. The van der Waals surface area contributed by atoms with Crippen molar-refractivity contribution in [3.63, 3.8) is 0 Å². The van der Waals surface area contributed by atoms with Crippen molar-refractivity contribution < 1.29 is 9.90 Å². The van der Waals surface area contributed by atoms with Crippen LogP contribution in [0, 0.1) is 12.8 Å². The Bertz CT molecular complexity index is 652. The number of hydrogen-bond donors (Lipinski definition) is 1. The van der Waals surface area contributed by atoms with Crippen LogP contribution in [-0.4, -0.2) is 15.6 Å². The van der Waals surface area contributed by atoms with Crippen molar-refractivity contribution in [2.45, 2.75) is 33.1 Å². The van der Waals surface area contributed by atoms with Crippen LogP contribution in [0.1, 0.15) is 40.7 Å². The standard InChI is InChI=1S/C17H19NO2/c1-11-3-8-16-14(9-11)10-12(2)18(16)15-6-4-13(5-7-15)17(19)20/h4-7,10-11H,3,8-9H2,1-2H3,(H,19,20)/t11-/m1/s1. The maximum atomic E-state index is 10.9. The molecule has 3 heteroatoms. The van der Waals surface area contributed by atoms with Gasteiger partial charge in [-0.3, -0.25) is 0 Å². The molecule has 0 fully saturated rings. The normalized spacial score (nSPS) is 17.8. The van der Waals surface area contributed by atoms with Crippen LogP contribution >= 0.6 is 0 Å². The predicted octanol–water partition coefficient (Wildman–Crippen LogP) is 3.61. The van der Waals surface area contributed by atoms with E-state index in [0.29, 0.717) is 5.56 Å². The van der Waals surface area contributed by atoms with Crippen molar-refractivity contribution in [1.82, 2.24) is 4.57 Å². The molecule has 3 nitrogen and oxygen atoms in total. The van der Waals surface area contributed by atoms with E-state index in [0.717, 1.165) is 24.4 Å². The van der Waals surface area contributed by atoms with Gasteiger partial charge in [0.25, 0.3) is 0 Å². The van der Waals surface area contributed by atoms with E-state index in [4.69, 9.17) is 5.11 Å². The monoisotopic (exact) mass is 269 g/mol. The van der Waals surface area contributed by atoms with Gasteiger partial charge >= 0.3 is 5.97 Å². The van der Waals surface area contributed by atoms with Crippen LogP contribution in [0.5, 0.6) is 0 Å². The minimum Gasteiger partial charge on any atom is -0.478 e. The Morgan fingerprint density at radius 2 is 2.00 bits per heavy atom. The third kappa shape index (κ3) is 2.13. The third-order valence-electron chi connectivity index (χ3n) is 4.19. The fourth-order valence-electron chi connectivity index (χ4n) is 3.18. The molecule has 3 rings (SSSR count). The zero-order valence-corrected chi connectivity index (χ0v) is 11.9. The molecule has 1 aliphatic rings. The third-order valence-corrected chi connectivity index (χ3v) is 4.19. The summed E-state index contributed by atoms with van der Waals surface area (Å²) in [5, 5.41) is 8.98. The lowest BCUT2D eigenvalue weighted by Gasteiger charge is -2.21. The molecule has 1 aliphatic carbocycles. The van der Waals surface area contributed by atoms with Crippen molar-refractivity contribution in [1.29, 1.82) is 0 Å². The summed E-state index contributed by atoms with van der Waals surface area (Å²) in [4.78, 5) is 10.9. The number of aromatic carboxylic acids is 1. The van der Waals surface area contributed by atoms with Crippen molar-refractivity contribution in [3.8, 4) is 5.69 Å². The molecule has 0 amide bonds. The van der Waals surface area contributed by atoms with Gasteiger partial charge in [0.05, 0.1) is 5.56 Å². The van der Waals surface area contributed by atoms with E-state index in [2.05, 4.69) is 24.5 Å². The lowest BCUT2D eigenvalue weighted by Crippen LogP contribution is -2.13. The summed E-state index contributed by atoms with van der Waals surface area (Å²) in [6.07, 6.45) is 3.48. The fraction of sp³-hybridized carbons (Fsp3) is 0.353. The quantitative estimate of drug-likeness (QED) is 0.905. The van der Waals surface area contributed by atoms with Crippen LogP contribution in [-0.2, 0) is 12.8 Å². The van der Waals surface area contributed by atoms with E-state index in [1.165, 1.54) is 23.4 Å². The molecule has 20 heavy (non-hydrogen) atoms. The molecular weight excluding hydrogens is 250 g/mol. The van der Waals surface area contributed by atoms with Gasteiger partial charge in [-0.25, -0.2) is 4.79 Å². The molecule has 0 spiro atoms. The lowest BCUT2D eigenvalue weighted by atomic mass is 9.89. The van der Waals surface area contributed by atoms with E-state index in [-0.39, 0.29) is 0 Å². The second kappa shape index (κ2) is 4.82. The Hall–Kier alpha value is -2.03. The molecule has 0 bridgehead atoms.